The van der Waals surface area contributed by atoms with E-state index in [-0.39, 0.29) is 5.57 Å². The molecule has 0 spiro atoms. The normalized spacial score (nSPS) is 11.1. The number of anilines is 1. The molecule has 0 bridgehead atoms. The highest BCUT2D eigenvalue weighted by Gasteiger charge is 2.20. The summed E-state index contributed by atoms with van der Waals surface area (Å²) < 4.78 is 7.67. The molecule has 1 heterocycles. The van der Waals surface area contributed by atoms with Crippen LogP contribution in [-0.4, -0.2) is 17.1 Å². The van der Waals surface area contributed by atoms with E-state index < -0.39 is 5.91 Å². The first kappa shape index (κ1) is 26.6. The molecule has 1 aromatic heterocycles. The Morgan fingerprint density at radius 1 is 0.900 bits per heavy atom. The minimum Gasteiger partial charge on any atom is -0.494 e. The zero-order valence-electron chi connectivity index (χ0n) is 21.8. The molecule has 0 saturated heterocycles. The zero-order valence-corrected chi connectivity index (χ0v) is 22.6. The van der Waals surface area contributed by atoms with Crippen molar-refractivity contribution >= 4 is 29.3 Å². The highest BCUT2D eigenvalue weighted by Crippen LogP contribution is 2.37. The molecule has 0 saturated carbocycles. The summed E-state index contributed by atoms with van der Waals surface area (Å²) in [5.74, 6) is 0.136. The maximum absolute atomic E-state index is 13.3. The highest BCUT2D eigenvalue weighted by molar-refractivity contribution is 6.30. The number of ether oxygens (including phenoxy) is 1. The minimum atomic E-state index is -0.504. The van der Waals surface area contributed by atoms with Crippen LogP contribution in [0, 0.1) is 11.3 Å². The lowest BCUT2D eigenvalue weighted by Gasteiger charge is -2.15. The molecule has 4 aromatic carbocycles. The van der Waals surface area contributed by atoms with Crippen molar-refractivity contribution in [3.63, 3.8) is 0 Å². The second-order valence-corrected chi connectivity index (χ2v) is 9.40. The minimum absolute atomic E-state index is 0.0214. The Hall–Kier alpha value is -5.05. The average molecular weight is 544 g/mol. The van der Waals surface area contributed by atoms with Gasteiger partial charge >= 0.3 is 0 Å². The van der Waals surface area contributed by atoms with Crippen molar-refractivity contribution < 1.29 is 9.53 Å². The molecule has 1 amide bonds. The first-order chi connectivity index (χ1) is 19.6. The summed E-state index contributed by atoms with van der Waals surface area (Å²) in [5.41, 5.74) is 5.84. The zero-order chi connectivity index (χ0) is 27.9. The molecular weight excluding hydrogens is 518 g/mol. The quantitative estimate of drug-likeness (QED) is 0.158. The number of hydrogen-bond donors (Lipinski definition) is 1. The molecule has 1 N–H and O–H groups in total. The van der Waals surface area contributed by atoms with Gasteiger partial charge in [0, 0.05) is 28.0 Å². The maximum Gasteiger partial charge on any atom is 0.266 e. The summed E-state index contributed by atoms with van der Waals surface area (Å²) in [5, 5.41) is 13.5. The fourth-order valence-electron chi connectivity index (χ4n) is 4.54. The number of halogens is 1. The van der Waals surface area contributed by atoms with Crippen LogP contribution in [-0.2, 0) is 4.79 Å². The average Bonchev–Trinajstić information content (AvgIpc) is 3.36. The third-order valence-electron chi connectivity index (χ3n) is 6.30. The Morgan fingerprint density at radius 3 is 2.23 bits per heavy atom. The Bertz CT molecular complexity index is 1700. The van der Waals surface area contributed by atoms with E-state index >= 15 is 0 Å². The first-order valence-electron chi connectivity index (χ1n) is 12.9. The Labute approximate surface area is 238 Å². The summed E-state index contributed by atoms with van der Waals surface area (Å²) in [6.07, 6.45) is 1.64. The van der Waals surface area contributed by atoms with Crippen molar-refractivity contribution in [1.82, 2.24) is 4.57 Å². The summed E-state index contributed by atoms with van der Waals surface area (Å²) in [6.45, 7) is 2.41. The van der Waals surface area contributed by atoms with Crippen LogP contribution in [0.4, 0.5) is 5.69 Å². The molecule has 0 aliphatic rings. The number of carbonyl (C=O) groups is 1. The van der Waals surface area contributed by atoms with E-state index in [9.17, 15) is 10.1 Å². The number of aromatic nitrogens is 1. The number of amides is 1. The standard InChI is InChI=1S/C34H26ClN3O2/c1-2-40-31-15-9-14-29(22-31)37-34(39)27(23-36)20-26-21-32(24-10-5-3-6-11-24)38(30-18-16-28(35)17-19-30)33(26)25-12-7-4-8-13-25/h3-22H,2H2,1H3,(H,37,39). The van der Waals surface area contributed by atoms with Crippen molar-refractivity contribution in [2.45, 2.75) is 6.92 Å². The Morgan fingerprint density at radius 2 is 1.57 bits per heavy atom. The van der Waals surface area contributed by atoms with Gasteiger partial charge in [0.25, 0.3) is 5.91 Å². The van der Waals surface area contributed by atoms with Crippen LogP contribution in [0.25, 0.3) is 34.3 Å². The topological polar surface area (TPSA) is 67.0 Å². The monoisotopic (exact) mass is 543 g/mol. The third kappa shape index (κ3) is 5.83. The number of benzene rings is 4. The lowest BCUT2D eigenvalue weighted by molar-refractivity contribution is -0.112. The van der Waals surface area contributed by atoms with Crippen molar-refractivity contribution in [3.8, 4) is 40.0 Å². The van der Waals surface area contributed by atoms with Gasteiger partial charge in [0.15, 0.2) is 0 Å². The van der Waals surface area contributed by atoms with Gasteiger partial charge in [-0.15, -0.1) is 0 Å². The van der Waals surface area contributed by atoms with Crippen LogP contribution >= 0.6 is 11.6 Å². The third-order valence-corrected chi connectivity index (χ3v) is 6.55. The molecule has 5 rings (SSSR count). The van der Waals surface area contributed by atoms with Gasteiger partial charge in [0.05, 0.1) is 18.0 Å². The second-order valence-electron chi connectivity index (χ2n) is 8.96. The van der Waals surface area contributed by atoms with E-state index in [1.165, 1.54) is 0 Å². The summed E-state index contributed by atoms with van der Waals surface area (Å²) in [4.78, 5) is 13.3. The summed E-state index contributed by atoms with van der Waals surface area (Å²) in [7, 11) is 0. The van der Waals surface area contributed by atoms with Gasteiger partial charge in [0.2, 0.25) is 0 Å². The number of nitrogens with one attached hydrogen (secondary N) is 1. The SMILES string of the molecule is CCOc1cccc(NC(=O)C(C#N)=Cc2cc(-c3ccccc3)n(-c3ccc(Cl)cc3)c2-c2ccccc2)c1. The van der Waals surface area contributed by atoms with Gasteiger partial charge < -0.3 is 14.6 Å². The van der Waals surface area contributed by atoms with Crippen molar-refractivity contribution in [2.24, 2.45) is 0 Å². The summed E-state index contributed by atoms with van der Waals surface area (Å²) in [6, 6.07) is 38.7. The second kappa shape index (κ2) is 12.2. The highest BCUT2D eigenvalue weighted by atomic mass is 35.5. The van der Waals surface area contributed by atoms with Gasteiger partial charge in [-0.2, -0.15) is 5.26 Å². The molecule has 0 unspecified atom stereocenters. The van der Waals surface area contributed by atoms with E-state index in [0.29, 0.717) is 23.1 Å². The van der Waals surface area contributed by atoms with E-state index in [2.05, 4.69) is 16.0 Å². The first-order valence-corrected chi connectivity index (χ1v) is 13.2. The Kier molecular flexibility index (Phi) is 8.10. The van der Waals surface area contributed by atoms with Crippen LogP contribution in [0.5, 0.6) is 5.75 Å². The molecule has 6 heteroatoms. The van der Waals surface area contributed by atoms with Crippen molar-refractivity contribution in [3.05, 3.63) is 131 Å². The molecule has 0 fully saturated rings. The molecule has 196 valence electrons. The number of carbonyl (C=O) groups excluding carboxylic acids is 1. The number of rotatable bonds is 8. The van der Waals surface area contributed by atoms with Crippen LogP contribution in [0.1, 0.15) is 12.5 Å². The fourth-order valence-corrected chi connectivity index (χ4v) is 4.67. The molecule has 5 aromatic rings. The predicted molar refractivity (Wildman–Crippen MR) is 161 cm³/mol. The molecule has 5 nitrogen and oxygen atoms in total. The van der Waals surface area contributed by atoms with E-state index in [1.54, 1.807) is 24.3 Å². The van der Waals surface area contributed by atoms with Crippen LogP contribution < -0.4 is 10.1 Å². The number of nitrogens with zero attached hydrogens (tertiary/aromatic N) is 2. The van der Waals surface area contributed by atoms with Gasteiger partial charge in [0.1, 0.15) is 17.4 Å². The van der Waals surface area contributed by atoms with Crippen molar-refractivity contribution in [1.29, 1.82) is 5.26 Å². The molecule has 40 heavy (non-hydrogen) atoms. The van der Waals surface area contributed by atoms with Crippen molar-refractivity contribution in [2.75, 3.05) is 11.9 Å². The summed E-state index contributed by atoms with van der Waals surface area (Å²) >= 11 is 6.23. The number of nitriles is 1. The molecular formula is C34H26ClN3O2. The largest absolute Gasteiger partial charge is 0.494 e. The molecule has 0 aliphatic carbocycles. The molecule has 0 radical (unpaired) electrons. The lowest BCUT2D eigenvalue weighted by Crippen LogP contribution is -2.13. The van der Waals surface area contributed by atoms with Crippen LogP contribution in [0.15, 0.2) is 121 Å². The van der Waals surface area contributed by atoms with Gasteiger partial charge in [-0.1, -0.05) is 78.3 Å². The predicted octanol–water partition coefficient (Wildman–Crippen LogP) is 8.41. The van der Waals surface area contributed by atoms with Crippen LogP contribution in [0.3, 0.4) is 0 Å². The van der Waals surface area contributed by atoms with Crippen LogP contribution in [0.2, 0.25) is 5.02 Å². The van der Waals surface area contributed by atoms with Gasteiger partial charge in [-0.05, 0) is 66.6 Å². The number of hydrogen-bond acceptors (Lipinski definition) is 3. The Balaban J connectivity index is 1.67. The van der Waals surface area contributed by atoms with Gasteiger partial charge in [-0.3, -0.25) is 4.79 Å². The lowest BCUT2D eigenvalue weighted by atomic mass is 10.0. The molecule has 0 atom stereocenters. The van der Waals surface area contributed by atoms with Gasteiger partial charge in [-0.25, -0.2) is 0 Å². The molecule has 0 aliphatic heterocycles. The van der Waals surface area contributed by atoms with E-state index in [0.717, 1.165) is 33.8 Å². The maximum atomic E-state index is 13.3. The van der Waals surface area contributed by atoms with E-state index in [1.807, 2.05) is 104 Å². The van der Waals surface area contributed by atoms with E-state index in [4.69, 9.17) is 16.3 Å². The fraction of sp³-hybridized carbons (Fsp3) is 0.0588. The smallest absolute Gasteiger partial charge is 0.266 e.